The third-order valence-electron chi connectivity index (χ3n) is 2.48. The van der Waals surface area contributed by atoms with Gasteiger partial charge < -0.3 is 5.73 Å². The second-order valence-corrected chi connectivity index (χ2v) is 3.95. The Bertz CT molecular complexity index is 134. The highest BCUT2D eigenvalue weighted by atomic mass is 16.1. The molecule has 0 aromatic heterocycles. The minimum atomic E-state index is 0.334. The Morgan fingerprint density at radius 2 is 1.50 bits per heavy atom. The summed E-state index contributed by atoms with van der Waals surface area (Å²) < 4.78 is 0. The Hall–Kier alpha value is -0.370. The summed E-state index contributed by atoms with van der Waals surface area (Å²) in [5.74, 6) is 0.334. The third kappa shape index (κ3) is 9.72. The van der Waals surface area contributed by atoms with Crippen LogP contribution in [0.15, 0.2) is 0 Å². The standard InChI is InChI=1S/C12H25NO/c1-2-3-4-5-6-7-8-9-12(14)10-11-13/h2-11,13H2,1H3. The largest absolute Gasteiger partial charge is 0.330 e. The Labute approximate surface area is 88.3 Å². The number of rotatable bonds is 10. The van der Waals surface area contributed by atoms with Gasteiger partial charge in [-0.05, 0) is 13.0 Å². The molecule has 0 fully saturated rings. The molecule has 0 aliphatic rings. The van der Waals surface area contributed by atoms with Crippen LogP contribution < -0.4 is 5.73 Å². The first-order valence-electron chi connectivity index (χ1n) is 6.03. The Kier molecular flexibility index (Phi) is 10.4. The Morgan fingerprint density at radius 3 is 2.07 bits per heavy atom. The minimum absolute atomic E-state index is 0.334. The van der Waals surface area contributed by atoms with Crippen LogP contribution in [-0.2, 0) is 4.79 Å². The molecule has 0 spiro atoms. The van der Waals surface area contributed by atoms with Crippen molar-refractivity contribution < 1.29 is 4.79 Å². The first-order chi connectivity index (χ1) is 6.81. The second kappa shape index (κ2) is 10.7. The molecule has 0 unspecified atom stereocenters. The van der Waals surface area contributed by atoms with Gasteiger partial charge in [0, 0.05) is 12.8 Å². The van der Waals surface area contributed by atoms with Crippen LogP contribution >= 0.6 is 0 Å². The highest BCUT2D eigenvalue weighted by Crippen LogP contribution is 2.08. The van der Waals surface area contributed by atoms with Crippen LogP contribution in [-0.4, -0.2) is 12.3 Å². The second-order valence-electron chi connectivity index (χ2n) is 3.95. The Balaban J connectivity index is 3.01. The maximum absolute atomic E-state index is 11.1. The van der Waals surface area contributed by atoms with Crippen LogP contribution in [0.25, 0.3) is 0 Å². The lowest BCUT2D eigenvalue weighted by molar-refractivity contribution is -0.119. The summed E-state index contributed by atoms with van der Waals surface area (Å²) in [6, 6.07) is 0. The molecule has 0 bridgehead atoms. The molecular weight excluding hydrogens is 174 g/mol. The first-order valence-corrected chi connectivity index (χ1v) is 6.03. The van der Waals surface area contributed by atoms with E-state index in [1.54, 1.807) is 0 Å². The molecule has 0 saturated carbocycles. The highest BCUT2D eigenvalue weighted by molar-refractivity contribution is 5.78. The molecule has 0 aliphatic heterocycles. The molecule has 0 amide bonds. The maximum atomic E-state index is 11.1. The molecule has 0 heterocycles. The van der Waals surface area contributed by atoms with E-state index in [4.69, 9.17) is 5.73 Å². The number of carbonyl (C=O) groups is 1. The van der Waals surface area contributed by atoms with Crippen molar-refractivity contribution in [2.75, 3.05) is 6.54 Å². The van der Waals surface area contributed by atoms with Gasteiger partial charge >= 0.3 is 0 Å². The number of nitrogens with two attached hydrogens (primary N) is 1. The summed E-state index contributed by atoms with van der Waals surface area (Å²) in [6.45, 7) is 2.74. The van der Waals surface area contributed by atoms with E-state index in [2.05, 4.69) is 6.92 Å². The zero-order chi connectivity index (χ0) is 10.6. The van der Waals surface area contributed by atoms with E-state index < -0.39 is 0 Å². The lowest BCUT2D eigenvalue weighted by atomic mass is 10.1. The molecule has 84 valence electrons. The molecule has 0 rings (SSSR count). The summed E-state index contributed by atoms with van der Waals surface area (Å²) in [7, 11) is 0. The van der Waals surface area contributed by atoms with Crippen LogP contribution in [0.4, 0.5) is 0 Å². The number of hydrogen-bond donors (Lipinski definition) is 1. The van der Waals surface area contributed by atoms with Crippen molar-refractivity contribution in [2.24, 2.45) is 5.73 Å². The molecule has 0 aliphatic carbocycles. The van der Waals surface area contributed by atoms with E-state index in [0.29, 0.717) is 18.7 Å². The van der Waals surface area contributed by atoms with Gasteiger partial charge in [-0.1, -0.05) is 45.4 Å². The van der Waals surface area contributed by atoms with E-state index in [9.17, 15) is 4.79 Å². The van der Waals surface area contributed by atoms with Gasteiger partial charge in [0.2, 0.25) is 0 Å². The predicted molar refractivity (Wildman–Crippen MR) is 61.3 cm³/mol. The fourth-order valence-electron chi connectivity index (χ4n) is 1.57. The van der Waals surface area contributed by atoms with Gasteiger partial charge in [0.1, 0.15) is 5.78 Å². The summed E-state index contributed by atoms with van der Waals surface area (Å²) in [5, 5.41) is 0. The first kappa shape index (κ1) is 13.6. The van der Waals surface area contributed by atoms with Crippen molar-refractivity contribution >= 4 is 5.78 Å². The highest BCUT2D eigenvalue weighted by Gasteiger charge is 1.99. The topological polar surface area (TPSA) is 43.1 Å². The molecule has 0 atom stereocenters. The van der Waals surface area contributed by atoms with Crippen molar-refractivity contribution in [1.29, 1.82) is 0 Å². The van der Waals surface area contributed by atoms with Crippen molar-refractivity contribution in [3.05, 3.63) is 0 Å². The predicted octanol–water partition coefficient (Wildman–Crippen LogP) is 3.05. The fourth-order valence-corrected chi connectivity index (χ4v) is 1.57. The summed E-state index contributed by atoms with van der Waals surface area (Å²) in [5.41, 5.74) is 5.29. The average Bonchev–Trinajstić information content (AvgIpc) is 2.17. The van der Waals surface area contributed by atoms with Gasteiger partial charge in [0.15, 0.2) is 0 Å². The number of Topliss-reactive ketones (excluding diaryl/α,β-unsaturated/α-hetero) is 1. The van der Waals surface area contributed by atoms with Crippen LogP contribution in [0.1, 0.15) is 64.7 Å². The Morgan fingerprint density at radius 1 is 0.929 bits per heavy atom. The zero-order valence-corrected chi connectivity index (χ0v) is 9.56. The van der Waals surface area contributed by atoms with Gasteiger partial charge in [0.25, 0.3) is 0 Å². The van der Waals surface area contributed by atoms with Crippen molar-refractivity contribution in [3.63, 3.8) is 0 Å². The monoisotopic (exact) mass is 199 g/mol. The molecule has 0 aromatic rings. The lowest BCUT2D eigenvalue weighted by Gasteiger charge is -2.00. The van der Waals surface area contributed by atoms with Crippen LogP contribution in [0.3, 0.4) is 0 Å². The normalized spacial score (nSPS) is 10.4. The lowest BCUT2D eigenvalue weighted by Crippen LogP contribution is -2.07. The minimum Gasteiger partial charge on any atom is -0.330 e. The van der Waals surface area contributed by atoms with Crippen molar-refractivity contribution in [3.8, 4) is 0 Å². The van der Waals surface area contributed by atoms with E-state index in [-0.39, 0.29) is 0 Å². The molecule has 2 nitrogen and oxygen atoms in total. The van der Waals surface area contributed by atoms with Crippen LogP contribution in [0, 0.1) is 0 Å². The number of hydrogen-bond acceptors (Lipinski definition) is 2. The van der Waals surface area contributed by atoms with Gasteiger partial charge in [-0.15, -0.1) is 0 Å². The summed E-state index contributed by atoms with van der Waals surface area (Å²) in [6.07, 6.45) is 10.2. The van der Waals surface area contributed by atoms with Gasteiger partial charge in [0.05, 0.1) is 0 Å². The molecule has 0 radical (unpaired) electrons. The maximum Gasteiger partial charge on any atom is 0.134 e. The fraction of sp³-hybridized carbons (Fsp3) is 0.917. The molecular formula is C12H25NO. The molecule has 0 saturated heterocycles. The van der Waals surface area contributed by atoms with E-state index in [1.807, 2.05) is 0 Å². The van der Waals surface area contributed by atoms with E-state index in [1.165, 1.54) is 38.5 Å². The quantitative estimate of drug-likeness (QED) is 0.549. The van der Waals surface area contributed by atoms with E-state index in [0.717, 1.165) is 12.8 Å². The smallest absolute Gasteiger partial charge is 0.134 e. The van der Waals surface area contributed by atoms with E-state index >= 15 is 0 Å². The van der Waals surface area contributed by atoms with Crippen molar-refractivity contribution in [2.45, 2.75) is 64.7 Å². The summed E-state index contributed by atoms with van der Waals surface area (Å²) >= 11 is 0. The SMILES string of the molecule is CCCCCCCCCC(=O)CCN. The molecule has 2 N–H and O–H groups in total. The van der Waals surface area contributed by atoms with Crippen molar-refractivity contribution in [1.82, 2.24) is 0 Å². The molecule has 2 heteroatoms. The van der Waals surface area contributed by atoms with Crippen LogP contribution in [0.5, 0.6) is 0 Å². The molecule has 0 aromatic carbocycles. The molecule has 14 heavy (non-hydrogen) atoms. The van der Waals surface area contributed by atoms with Crippen LogP contribution in [0.2, 0.25) is 0 Å². The van der Waals surface area contributed by atoms with Gasteiger partial charge in [-0.2, -0.15) is 0 Å². The summed E-state index contributed by atoms with van der Waals surface area (Å²) in [4.78, 5) is 11.1. The van der Waals surface area contributed by atoms with Gasteiger partial charge in [-0.25, -0.2) is 0 Å². The number of ketones is 1. The average molecular weight is 199 g/mol. The number of unbranched alkanes of at least 4 members (excludes halogenated alkanes) is 6. The number of carbonyl (C=O) groups excluding carboxylic acids is 1. The van der Waals surface area contributed by atoms with Gasteiger partial charge in [-0.3, -0.25) is 4.79 Å². The zero-order valence-electron chi connectivity index (χ0n) is 9.56. The third-order valence-corrected chi connectivity index (χ3v) is 2.48.